The van der Waals surface area contributed by atoms with E-state index in [0.29, 0.717) is 12.3 Å². The fourth-order valence-electron chi connectivity index (χ4n) is 2.37. The molecular formula is C18H19N3O2S. The average Bonchev–Trinajstić information content (AvgIpc) is 3.30. The normalized spacial score (nSPS) is 12.0. The van der Waals surface area contributed by atoms with Crippen molar-refractivity contribution >= 4 is 17.7 Å². The Hall–Kier alpha value is -2.47. The van der Waals surface area contributed by atoms with E-state index in [1.165, 1.54) is 5.56 Å². The summed E-state index contributed by atoms with van der Waals surface area (Å²) in [6.07, 6.45) is 5.21. The molecule has 0 spiro atoms. The third kappa shape index (κ3) is 4.52. The highest BCUT2D eigenvalue weighted by atomic mass is 32.2. The van der Waals surface area contributed by atoms with Gasteiger partial charge in [0.2, 0.25) is 5.91 Å². The number of hydrogen-bond donors (Lipinski definition) is 1. The van der Waals surface area contributed by atoms with Crippen LogP contribution in [0.4, 0.5) is 0 Å². The molecule has 0 fully saturated rings. The number of nitrogens with one attached hydrogen (secondary N) is 1. The van der Waals surface area contributed by atoms with Gasteiger partial charge in [-0.05, 0) is 23.8 Å². The van der Waals surface area contributed by atoms with Crippen LogP contribution >= 0.6 is 11.8 Å². The Labute approximate surface area is 145 Å². The molecule has 0 aliphatic rings. The average molecular weight is 341 g/mol. The van der Waals surface area contributed by atoms with Crippen molar-refractivity contribution in [3.05, 3.63) is 78.5 Å². The Kier molecular flexibility index (Phi) is 5.74. The number of carbonyl (C=O) groups excluding carboxylic acids is 1. The van der Waals surface area contributed by atoms with Crippen molar-refractivity contribution in [1.29, 1.82) is 0 Å². The molecule has 2 aromatic heterocycles. The van der Waals surface area contributed by atoms with E-state index in [1.54, 1.807) is 28.9 Å². The molecule has 0 saturated heterocycles. The number of thioether (sulfide) groups is 1. The van der Waals surface area contributed by atoms with Crippen LogP contribution in [0.1, 0.15) is 17.4 Å². The lowest BCUT2D eigenvalue weighted by atomic mass is 10.2. The Morgan fingerprint density at radius 2 is 2.08 bits per heavy atom. The predicted molar refractivity (Wildman–Crippen MR) is 94.7 cm³/mol. The van der Waals surface area contributed by atoms with Crippen molar-refractivity contribution in [3.8, 4) is 0 Å². The molecule has 0 radical (unpaired) electrons. The van der Waals surface area contributed by atoms with E-state index in [-0.39, 0.29) is 11.9 Å². The lowest BCUT2D eigenvalue weighted by Crippen LogP contribution is -2.32. The lowest BCUT2D eigenvalue weighted by Gasteiger charge is -2.16. The summed E-state index contributed by atoms with van der Waals surface area (Å²) in [5.41, 5.74) is 1.22. The van der Waals surface area contributed by atoms with Crippen molar-refractivity contribution in [1.82, 2.24) is 15.1 Å². The maximum atomic E-state index is 12.1. The van der Waals surface area contributed by atoms with E-state index in [4.69, 9.17) is 4.42 Å². The van der Waals surface area contributed by atoms with Gasteiger partial charge in [0, 0.05) is 24.7 Å². The van der Waals surface area contributed by atoms with Gasteiger partial charge in [-0.25, -0.2) is 0 Å². The first kappa shape index (κ1) is 16.4. The van der Waals surface area contributed by atoms with Gasteiger partial charge in [-0.15, -0.1) is 11.8 Å². The molecule has 1 atom stereocenters. The quantitative estimate of drug-likeness (QED) is 0.684. The minimum atomic E-state index is -0.141. The van der Waals surface area contributed by atoms with Gasteiger partial charge in [0.1, 0.15) is 11.8 Å². The van der Waals surface area contributed by atoms with Crippen LogP contribution in [-0.2, 0) is 10.5 Å². The first-order valence-corrected chi connectivity index (χ1v) is 8.89. The second kappa shape index (κ2) is 8.40. The number of nitrogens with zero attached hydrogens (tertiary/aromatic N) is 2. The van der Waals surface area contributed by atoms with E-state index in [0.717, 1.165) is 11.5 Å². The molecule has 0 aliphatic heterocycles. The molecule has 3 aromatic rings. The summed E-state index contributed by atoms with van der Waals surface area (Å²) in [5.74, 6) is 2.05. The maximum absolute atomic E-state index is 12.1. The molecule has 2 heterocycles. The van der Waals surface area contributed by atoms with E-state index < -0.39 is 0 Å². The van der Waals surface area contributed by atoms with Crippen molar-refractivity contribution in [2.75, 3.05) is 12.3 Å². The van der Waals surface area contributed by atoms with E-state index in [9.17, 15) is 4.79 Å². The summed E-state index contributed by atoms with van der Waals surface area (Å²) in [5, 5.41) is 7.22. The molecule has 0 unspecified atom stereocenters. The third-order valence-electron chi connectivity index (χ3n) is 3.55. The van der Waals surface area contributed by atoms with Gasteiger partial charge in [0.15, 0.2) is 0 Å². The van der Waals surface area contributed by atoms with E-state index >= 15 is 0 Å². The highest BCUT2D eigenvalue weighted by molar-refractivity contribution is 7.99. The van der Waals surface area contributed by atoms with E-state index in [1.807, 2.05) is 42.6 Å². The number of furan rings is 1. The Bertz CT molecular complexity index is 693. The summed E-state index contributed by atoms with van der Waals surface area (Å²) >= 11 is 1.60. The Balaban J connectivity index is 1.49. The fraction of sp³-hybridized carbons (Fsp3) is 0.222. The Morgan fingerprint density at radius 1 is 1.21 bits per heavy atom. The van der Waals surface area contributed by atoms with Crippen molar-refractivity contribution < 1.29 is 9.21 Å². The molecular weight excluding hydrogens is 322 g/mol. The number of hydrogen-bond acceptors (Lipinski definition) is 4. The molecule has 1 aromatic carbocycles. The van der Waals surface area contributed by atoms with Crippen molar-refractivity contribution in [3.63, 3.8) is 0 Å². The molecule has 1 amide bonds. The summed E-state index contributed by atoms with van der Waals surface area (Å²) < 4.78 is 7.26. The second-order valence-electron chi connectivity index (χ2n) is 5.30. The Morgan fingerprint density at radius 3 is 2.79 bits per heavy atom. The highest BCUT2D eigenvalue weighted by Crippen LogP contribution is 2.17. The molecule has 124 valence electrons. The largest absolute Gasteiger partial charge is 0.467 e. The van der Waals surface area contributed by atoms with Gasteiger partial charge in [-0.3, -0.25) is 9.48 Å². The van der Waals surface area contributed by atoms with Crippen LogP contribution in [0.15, 0.2) is 71.6 Å². The smallest absolute Gasteiger partial charge is 0.230 e. The maximum Gasteiger partial charge on any atom is 0.230 e. The minimum absolute atomic E-state index is 0.0136. The number of amides is 1. The predicted octanol–water partition coefficient (Wildman–Crippen LogP) is 3.12. The third-order valence-corrected chi connectivity index (χ3v) is 4.56. The van der Waals surface area contributed by atoms with Crippen LogP contribution in [0.3, 0.4) is 0 Å². The van der Waals surface area contributed by atoms with Gasteiger partial charge >= 0.3 is 0 Å². The second-order valence-corrected chi connectivity index (χ2v) is 6.29. The number of aromatic nitrogens is 2. The monoisotopic (exact) mass is 341 g/mol. The lowest BCUT2D eigenvalue weighted by molar-refractivity contribution is -0.118. The summed E-state index contributed by atoms with van der Waals surface area (Å²) in [6, 6.07) is 15.6. The summed E-state index contributed by atoms with van der Waals surface area (Å²) in [7, 11) is 0. The standard InChI is InChI=1S/C18H19N3O2S/c22-18(14-24-13-15-6-2-1-3-7-15)19-12-16(17-8-4-11-23-17)21-10-5-9-20-21/h1-11,16H,12-14H2,(H,19,22)/t16-/m1/s1. The van der Waals surface area contributed by atoms with Crippen LogP contribution in [0.2, 0.25) is 0 Å². The minimum Gasteiger partial charge on any atom is -0.467 e. The first-order chi connectivity index (χ1) is 11.8. The zero-order chi connectivity index (χ0) is 16.6. The zero-order valence-corrected chi connectivity index (χ0v) is 14.0. The molecule has 0 aliphatic carbocycles. The van der Waals surface area contributed by atoms with Crippen molar-refractivity contribution in [2.45, 2.75) is 11.8 Å². The fourth-order valence-corrected chi connectivity index (χ4v) is 3.19. The number of benzene rings is 1. The van der Waals surface area contributed by atoms with Gasteiger partial charge < -0.3 is 9.73 Å². The topological polar surface area (TPSA) is 60.1 Å². The summed E-state index contributed by atoms with van der Waals surface area (Å²) in [4.78, 5) is 12.1. The highest BCUT2D eigenvalue weighted by Gasteiger charge is 2.17. The molecule has 6 heteroatoms. The number of rotatable bonds is 8. The van der Waals surface area contributed by atoms with Crippen LogP contribution in [0.5, 0.6) is 0 Å². The van der Waals surface area contributed by atoms with Crippen LogP contribution < -0.4 is 5.32 Å². The molecule has 24 heavy (non-hydrogen) atoms. The molecule has 0 bridgehead atoms. The zero-order valence-electron chi connectivity index (χ0n) is 13.2. The molecule has 3 rings (SSSR count). The van der Waals surface area contributed by atoms with Gasteiger partial charge in [-0.2, -0.15) is 5.10 Å². The van der Waals surface area contributed by atoms with E-state index in [2.05, 4.69) is 22.5 Å². The van der Waals surface area contributed by atoms with Crippen molar-refractivity contribution in [2.24, 2.45) is 0 Å². The van der Waals surface area contributed by atoms with Gasteiger partial charge in [0.05, 0.1) is 12.0 Å². The summed E-state index contributed by atoms with van der Waals surface area (Å²) in [6.45, 7) is 0.444. The van der Waals surface area contributed by atoms with Crippen LogP contribution in [-0.4, -0.2) is 28.0 Å². The van der Waals surface area contributed by atoms with Crippen LogP contribution in [0, 0.1) is 0 Å². The molecule has 5 nitrogen and oxygen atoms in total. The SMILES string of the molecule is O=C(CSCc1ccccc1)NC[C@H](c1ccco1)n1cccn1. The van der Waals surface area contributed by atoms with Gasteiger partial charge in [0.25, 0.3) is 0 Å². The first-order valence-electron chi connectivity index (χ1n) is 7.74. The molecule has 1 N–H and O–H groups in total. The molecule has 0 saturated carbocycles. The number of carbonyl (C=O) groups is 1. The van der Waals surface area contributed by atoms with Gasteiger partial charge in [-0.1, -0.05) is 30.3 Å². The van der Waals surface area contributed by atoms with Crippen LogP contribution in [0.25, 0.3) is 0 Å².